The standard InChI is InChI=1S/C16H20N2O3.ClH/c1-2-4-14(5-3-1)19-12-15-10-16(18-21-15)20-11-13-6-8-17-9-7-13;/h1-5,10,13,17H,6-9,11-12H2;1H. The summed E-state index contributed by atoms with van der Waals surface area (Å²) in [6.07, 6.45) is 2.31. The summed E-state index contributed by atoms with van der Waals surface area (Å²) in [5, 5.41) is 7.26. The van der Waals surface area contributed by atoms with Crippen molar-refractivity contribution in [3.63, 3.8) is 0 Å². The molecule has 0 saturated carbocycles. The highest BCUT2D eigenvalue weighted by Crippen LogP contribution is 2.18. The molecule has 22 heavy (non-hydrogen) atoms. The Labute approximate surface area is 136 Å². The van der Waals surface area contributed by atoms with Crippen molar-refractivity contribution in [1.82, 2.24) is 10.5 Å². The molecule has 0 radical (unpaired) electrons. The van der Waals surface area contributed by atoms with Crippen LogP contribution in [0.1, 0.15) is 18.6 Å². The van der Waals surface area contributed by atoms with E-state index < -0.39 is 0 Å². The van der Waals surface area contributed by atoms with Crippen LogP contribution in [0.15, 0.2) is 40.9 Å². The summed E-state index contributed by atoms with van der Waals surface area (Å²) in [4.78, 5) is 0. The van der Waals surface area contributed by atoms with E-state index in [1.165, 1.54) is 0 Å². The van der Waals surface area contributed by atoms with Gasteiger partial charge in [-0.15, -0.1) is 12.4 Å². The third kappa shape index (κ3) is 4.93. The summed E-state index contributed by atoms with van der Waals surface area (Å²) in [6.45, 7) is 3.20. The first-order chi connectivity index (χ1) is 10.4. The van der Waals surface area contributed by atoms with Crippen molar-refractivity contribution in [2.24, 2.45) is 5.92 Å². The Morgan fingerprint density at radius 1 is 1.14 bits per heavy atom. The van der Waals surface area contributed by atoms with E-state index in [4.69, 9.17) is 14.0 Å². The van der Waals surface area contributed by atoms with Gasteiger partial charge < -0.3 is 19.3 Å². The van der Waals surface area contributed by atoms with Crippen LogP contribution in [-0.4, -0.2) is 24.9 Å². The van der Waals surface area contributed by atoms with Crippen molar-refractivity contribution >= 4 is 12.4 Å². The third-order valence-electron chi connectivity index (χ3n) is 3.59. The molecule has 1 fully saturated rings. The molecule has 1 aliphatic rings. The van der Waals surface area contributed by atoms with Gasteiger partial charge in [0.1, 0.15) is 12.4 Å². The van der Waals surface area contributed by atoms with Crippen LogP contribution in [0.25, 0.3) is 0 Å². The Bertz CT molecular complexity index is 541. The number of hydrogen-bond acceptors (Lipinski definition) is 5. The molecule has 0 aliphatic carbocycles. The Balaban J connectivity index is 0.00000176. The lowest BCUT2D eigenvalue weighted by atomic mass is 9.99. The van der Waals surface area contributed by atoms with Gasteiger partial charge in [0, 0.05) is 6.07 Å². The molecular weight excluding hydrogens is 304 g/mol. The maximum absolute atomic E-state index is 5.69. The largest absolute Gasteiger partial charge is 0.486 e. The molecular formula is C16H21ClN2O3. The molecule has 1 aromatic carbocycles. The van der Waals surface area contributed by atoms with Gasteiger partial charge in [-0.05, 0) is 49.1 Å². The Morgan fingerprint density at radius 3 is 2.68 bits per heavy atom. The average molecular weight is 325 g/mol. The van der Waals surface area contributed by atoms with Gasteiger partial charge in [-0.1, -0.05) is 18.2 Å². The summed E-state index contributed by atoms with van der Waals surface area (Å²) in [5.41, 5.74) is 0. The topological polar surface area (TPSA) is 56.5 Å². The highest BCUT2D eigenvalue weighted by molar-refractivity contribution is 5.85. The molecule has 5 nitrogen and oxygen atoms in total. The molecule has 2 heterocycles. The van der Waals surface area contributed by atoms with Crippen molar-refractivity contribution in [2.75, 3.05) is 19.7 Å². The lowest BCUT2D eigenvalue weighted by Gasteiger charge is -2.21. The molecule has 1 N–H and O–H groups in total. The maximum Gasteiger partial charge on any atom is 0.254 e. The van der Waals surface area contributed by atoms with Crippen LogP contribution in [0.2, 0.25) is 0 Å². The minimum Gasteiger partial charge on any atom is -0.486 e. The van der Waals surface area contributed by atoms with Crippen molar-refractivity contribution in [3.05, 3.63) is 42.2 Å². The van der Waals surface area contributed by atoms with Crippen LogP contribution >= 0.6 is 12.4 Å². The third-order valence-corrected chi connectivity index (χ3v) is 3.59. The average Bonchev–Trinajstić information content (AvgIpc) is 3.01. The van der Waals surface area contributed by atoms with Gasteiger partial charge in [0.25, 0.3) is 5.88 Å². The smallest absolute Gasteiger partial charge is 0.254 e. The predicted molar refractivity (Wildman–Crippen MR) is 85.6 cm³/mol. The summed E-state index contributed by atoms with van der Waals surface area (Å²) in [6, 6.07) is 11.4. The zero-order chi connectivity index (χ0) is 14.3. The molecule has 0 atom stereocenters. The zero-order valence-electron chi connectivity index (χ0n) is 12.4. The number of ether oxygens (including phenoxy) is 2. The first-order valence-electron chi connectivity index (χ1n) is 7.37. The molecule has 0 amide bonds. The normalized spacial score (nSPS) is 15.1. The van der Waals surface area contributed by atoms with Gasteiger partial charge in [-0.3, -0.25) is 0 Å². The molecule has 1 aromatic heterocycles. The number of aromatic nitrogens is 1. The van der Waals surface area contributed by atoms with Crippen LogP contribution in [0.5, 0.6) is 11.6 Å². The van der Waals surface area contributed by atoms with Crippen molar-refractivity contribution < 1.29 is 14.0 Å². The Kier molecular flexibility index (Phi) is 6.55. The van der Waals surface area contributed by atoms with E-state index in [-0.39, 0.29) is 12.4 Å². The van der Waals surface area contributed by atoms with Crippen molar-refractivity contribution in [2.45, 2.75) is 19.4 Å². The van der Waals surface area contributed by atoms with Gasteiger partial charge in [-0.25, -0.2) is 0 Å². The van der Waals surface area contributed by atoms with Gasteiger partial charge >= 0.3 is 0 Å². The molecule has 0 spiro atoms. The number of rotatable bonds is 6. The van der Waals surface area contributed by atoms with Crippen LogP contribution in [0.4, 0.5) is 0 Å². The number of halogens is 1. The number of hydrogen-bond donors (Lipinski definition) is 1. The van der Waals surface area contributed by atoms with E-state index in [0.717, 1.165) is 31.7 Å². The molecule has 1 saturated heterocycles. The van der Waals surface area contributed by atoms with E-state index in [1.807, 2.05) is 30.3 Å². The minimum atomic E-state index is 0. The molecule has 3 rings (SSSR count). The second-order valence-electron chi connectivity index (χ2n) is 5.24. The molecule has 120 valence electrons. The van der Waals surface area contributed by atoms with E-state index in [1.54, 1.807) is 6.07 Å². The number of benzene rings is 1. The molecule has 0 unspecified atom stereocenters. The first-order valence-corrected chi connectivity index (χ1v) is 7.37. The van der Waals surface area contributed by atoms with E-state index in [2.05, 4.69) is 10.5 Å². The molecule has 2 aromatic rings. The Hall–Kier alpha value is -1.72. The van der Waals surface area contributed by atoms with Gasteiger partial charge in [0.15, 0.2) is 5.76 Å². The highest BCUT2D eigenvalue weighted by Gasteiger charge is 2.14. The minimum absolute atomic E-state index is 0. The second-order valence-corrected chi connectivity index (χ2v) is 5.24. The fraction of sp³-hybridized carbons (Fsp3) is 0.438. The van der Waals surface area contributed by atoms with Crippen molar-refractivity contribution in [3.8, 4) is 11.6 Å². The number of nitrogens with zero attached hydrogens (tertiary/aromatic N) is 1. The van der Waals surface area contributed by atoms with E-state index in [0.29, 0.717) is 30.8 Å². The van der Waals surface area contributed by atoms with Crippen LogP contribution < -0.4 is 14.8 Å². The molecule has 1 aliphatic heterocycles. The predicted octanol–water partition coefficient (Wildman–Crippen LogP) is 3.05. The quantitative estimate of drug-likeness (QED) is 0.885. The van der Waals surface area contributed by atoms with Gasteiger partial charge in [0.2, 0.25) is 0 Å². The summed E-state index contributed by atoms with van der Waals surface area (Å²) < 4.78 is 16.5. The van der Waals surface area contributed by atoms with E-state index in [9.17, 15) is 0 Å². The van der Waals surface area contributed by atoms with Gasteiger partial charge in [-0.2, -0.15) is 0 Å². The Morgan fingerprint density at radius 2 is 1.91 bits per heavy atom. The van der Waals surface area contributed by atoms with Crippen molar-refractivity contribution in [1.29, 1.82) is 0 Å². The second kappa shape index (κ2) is 8.66. The fourth-order valence-electron chi connectivity index (χ4n) is 2.35. The first kappa shape index (κ1) is 16.6. The summed E-state index contributed by atoms with van der Waals surface area (Å²) >= 11 is 0. The molecule has 0 bridgehead atoms. The monoisotopic (exact) mass is 324 g/mol. The summed E-state index contributed by atoms with van der Waals surface area (Å²) in [5.74, 6) is 2.62. The van der Waals surface area contributed by atoms with Crippen LogP contribution in [-0.2, 0) is 6.61 Å². The number of piperidine rings is 1. The lowest BCUT2D eigenvalue weighted by molar-refractivity contribution is 0.196. The maximum atomic E-state index is 5.69. The van der Waals surface area contributed by atoms with E-state index >= 15 is 0 Å². The number of para-hydroxylation sites is 1. The fourth-order valence-corrected chi connectivity index (χ4v) is 2.35. The number of nitrogens with one attached hydrogen (secondary N) is 1. The molecule has 6 heteroatoms. The SMILES string of the molecule is Cl.c1ccc(OCc2cc(OCC3CCNCC3)no2)cc1. The highest BCUT2D eigenvalue weighted by atomic mass is 35.5. The van der Waals surface area contributed by atoms with Crippen LogP contribution in [0.3, 0.4) is 0 Å². The van der Waals surface area contributed by atoms with Gasteiger partial charge in [0.05, 0.1) is 6.61 Å². The zero-order valence-corrected chi connectivity index (χ0v) is 13.2. The lowest BCUT2D eigenvalue weighted by Crippen LogP contribution is -2.30. The van der Waals surface area contributed by atoms with Crippen LogP contribution in [0, 0.1) is 5.92 Å². The summed E-state index contributed by atoms with van der Waals surface area (Å²) in [7, 11) is 0.